The van der Waals surface area contributed by atoms with Crippen LogP contribution in [0.1, 0.15) is 11.1 Å². The summed E-state index contributed by atoms with van der Waals surface area (Å²) < 4.78 is 10.7. The SMILES string of the molecule is COc1ccc(C2=C(Sc3ccccc3)C(=O)N(c3cc(C)ccc3OC)C2=O)cc1. The molecule has 4 rings (SSSR count). The zero-order chi connectivity index (χ0) is 22.0. The lowest BCUT2D eigenvalue weighted by Gasteiger charge is -2.19. The second-order valence-corrected chi connectivity index (χ2v) is 8.05. The first-order valence-corrected chi connectivity index (χ1v) is 10.5. The van der Waals surface area contributed by atoms with Crippen LogP contribution in [0.5, 0.6) is 11.5 Å². The van der Waals surface area contributed by atoms with Crippen molar-refractivity contribution in [3.8, 4) is 11.5 Å². The van der Waals surface area contributed by atoms with E-state index in [-0.39, 0.29) is 11.8 Å². The summed E-state index contributed by atoms with van der Waals surface area (Å²) in [7, 11) is 3.11. The van der Waals surface area contributed by atoms with E-state index in [0.29, 0.717) is 33.2 Å². The molecule has 0 unspecified atom stereocenters. The number of anilines is 1. The van der Waals surface area contributed by atoms with Gasteiger partial charge in [-0.1, -0.05) is 48.2 Å². The number of aryl methyl sites for hydroxylation is 1. The molecule has 0 saturated carbocycles. The summed E-state index contributed by atoms with van der Waals surface area (Å²) in [6.45, 7) is 1.91. The zero-order valence-corrected chi connectivity index (χ0v) is 18.2. The maximum absolute atomic E-state index is 13.6. The van der Waals surface area contributed by atoms with Crippen LogP contribution in [0.2, 0.25) is 0 Å². The van der Waals surface area contributed by atoms with Crippen LogP contribution in [0.3, 0.4) is 0 Å². The Labute approximate surface area is 185 Å². The number of amides is 2. The van der Waals surface area contributed by atoms with E-state index in [1.54, 1.807) is 43.5 Å². The molecule has 0 N–H and O–H groups in total. The van der Waals surface area contributed by atoms with Gasteiger partial charge in [0, 0.05) is 4.90 Å². The Morgan fingerprint density at radius 1 is 0.806 bits per heavy atom. The van der Waals surface area contributed by atoms with E-state index in [1.807, 2.05) is 43.3 Å². The van der Waals surface area contributed by atoms with Gasteiger partial charge in [0.2, 0.25) is 0 Å². The minimum absolute atomic E-state index is 0.366. The highest BCUT2D eigenvalue weighted by molar-refractivity contribution is 8.04. The number of carbonyl (C=O) groups is 2. The molecular weight excluding hydrogens is 410 g/mol. The summed E-state index contributed by atoms with van der Waals surface area (Å²) >= 11 is 1.29. The van der Waals surface area contributed by atoms with E-state index in [4.69, 9.17) is 9.47 Å². The summed E-state index contributed by atoms with van der Waals surface area (Å²) in [6.07, 6.45) is 0. The fourth-order valence-corrected chi connectivity index (χ4v) is 4.43. The van der Waals surface area contributed by atoms with Gasteiger partial charge in [0.15, 0.2) is 0 Å². The molecular formula is C25H21NO4S. The van der Waals surface area contributed by atoms with Gasteiger partial charge in [0.1, 0.15) is 11.5 Å². The molecule has 0 spiro atoms. The van der Waals surface area contributed by atoms with Gasteiger partial charge in [-0.25, -0.2) is 4.90 Å². The Kier molecular flexibility index (Phi) is 5.82. The lowest BCUT2D eigenvalue weighted by atomic mass is 10.1. The number of carbonyl (C=O) groups excluding carboxylic acids is 2. The molecule has 31 heavy (non-hydrogen) atoms. The quantitative estimate of drug-likeness (QED) is 0.509. The van der Waals surface area contributed by atoms with Crippen molar-refractivity contribution in [3.05, 3.63) is 88.8 Å². The van der Waals surface area contributed by atoms with Gasteiger partial charge < -0.3 is 9.47 Å². The van der Waals surface area contributed by atoms with E-state index in [9.17, 15) is 9.59 Å². The molecule has 0 atom stereocenters. The summed E-state index contributed by atoms with van der Waals surface area (Å²) in [5, 5.41) is 0. The van der Waals surface area contributed by atoms with Gasteiger partial charge in [0.05, 0.1) is 30.4 Å². The van der Waals surface area contributed by atoms with E-state index in [2.05, 4.69) is 0 Å². The topological polar surface area (TPSA) is 55.8 Å². The molecule has 156 valence electrons. The van der Waals surface area contributed by atoms with Crippen molar-refractivity contribution in [3.63, 3.8) is 0 Å². The fraction of sp³-hybridized carbons (Fsp3) is 0.120. The zero-order valence-electron chi connectivity index (χ0n) is 17.4. The van der Waals surface area contributed by atoms with Gasteiger partial charge in [-0.3, -0.25) is 9.59 Å². The van der Waals surface area contributed by atoms with Crippen LogP contribution < -0.4 is 14.4 Å². The summed E-state index contributed by atoms with van der Waals surface area (Å²) in [5.74, 6) is 0.397. The third-order valence-electron chi connectivity index (χ3n) is 4.96. The monoisotopic (exact) mass is 431 g/mol. The van der Waals surface area contributed by atoms with Crippen molar-refractivity contribution in [2.75, 3.05) is 19.1 Å². The number of hydrogen-bond acceptors (Lipinski definition) is 5. The number of thioether (sulfide) groups is 1. The second kappa shape index (κ2) is 8.70. The van der Waals surface area contributed by atoms with Crippen LogP contribution in [-0.2, 0) is 9.59 Å². The first-order chi connectivity index (χ1) is 15.0. The molecule has 3 aromatic carbocycles. The first kappa shape index (κ1) is 20.8. The standard InChI is InChI=1S/C25H21NO4S/c1-16-9-14-21(30-3)20(15-16)26-24(27)22(17-10-12-18(29-2)13-11-17)23(25(26)28)31-19-7-5-4-6-8-19/h4-15H,1-3H3. The molecule has 0 aliphatic carbocycles. The van der Waals surface area contributed by atoms with Gasteiger partial charge in [0.25, 0.3) is 11.8 Å². The lowest BCUT2D eigenvalue weighted by Crippen LogP contribution is -2.31. The number of rotatable bonds is 6. The van der Waals surface area contributed by atoms with Gasteiger partial charge in [-0.15, -0.1) is 0 Å². The first-order valence-electron chi connectivity index (χ1n) is 9.68. The van der Waals surface area contributed by atoms with Crippen molar-refractivity contribution in [2.24, 2.45) is 0 Å². The van der Waals surface area contributed by atoms with Gasteiger partial charge >= 0.3 is 0 Å². The molecule has 1 aliphatic rings. The van der Waals surface area contributed by atoms with Crippen LogP contribution in [0.4, 0.5) is 5.69 Å². The number of ether oxygens (including phenoxy) is 2. The van der Waals surface area contributed by atoms with Crippen molar-refractivity contribution < 1.29 is 19.1 Å². The van der Waals surface area contributed by atoms with E-state index in [1.165, 1.54) is 23.8 Å². The smallest absolute Gasteiger partial charge is 0.273 e. The number of imide groups is 1. The molecule has 0 bridgehead atoms. The highest BCUT2D eigenvalue weighted by Gasteiger charge is 2.41. The van der Waals surface area contributed by atoms with Crippen molar-refractivity contribution in [1.82, 2.24) is 0 Å². The maximum atomic E-state index is 13.6. The average molecular weight is 432 g/mol. The Hall–Kier alpha value is -3.51. The highest BCUT2D eigenvalue weighted by atomic mass is 32.2. The molecule has 1 heterocycles. The van der Waals surface area contributed by atoms with Crippen LogP contribution >= 0.6 is 11.8 Å². The summed E-state index contributed by atoms with van der Waals surface area (Å²) in [5.41, 5.74) is 2.38. The number of benzene rings is 3. The van der Waals surface area contributed by atoms with Gasteiger partial charge in [-0.2, -0.15) is 0 Å². The molecule has 0 saturated heterocycles. The largest absolute Gasteiger partial charge is 0.497 e. The van der Waals surface area contributed by atoms with Crippen LogP contribution in [0.25, 0.3) is 5.57 Å². The summed E-state index contributed by atoms with van der Waals surface area (Å²) in [6, 6.07) is 22.1. The summed E-state index contributed by atoms with van der Waals surface area (Å²) in [4.78, 5) is 29.6. The predicted molar refractivity (Wildman–Crippen MR) is 122 cm³/mol. The minimum atomic E-state index is -0.377. The second-order valence-electron chi connectivity index (χ2n) is 6.97. The Balaban J connectivity index is 1.85. The van der Waals surface area contributed by atoms with Crippen LogP contribution in [-0.4, -0.2) is 26.0 Å². The Morgan fingerprint density at radius 2 is 1.52 bits per heavy atom. The average Bonchev–Trinajstić information content (AvgIpc) is 3.03. The van der Waals surface area contributed by atoms with Crippen LogP contribution in [0.15, 0.2) is 82.6 Å². The minimum Gasteiger partial charge on any atom is -0.497 e. The lowest BCUT2D eigenvalue weighted by molar-refractivity contribution is -0.119. The molecule has 0 fully saturated rings. The third kappa shape index (κ3) is 3.94. The van der Waals surface area contributed by atoms with E-state index in [0.717, 1.165) is 10.5 Å². The van der Waals surface area contributed by atoms with Crippen LogP contribution in [0, 0.1) is 6.92 Å². The Bertz CT molecular complexity index is 1170. The molecule has 3 aromatic rings. The number of methoxy groups -OCH3 is 2. The van der Waals surface area contributed by atoms with Gasteiger partial charge in [-0.05, 0) is 54.4 Å². The number of hydrogen-bond donors (Lipinski definition) is 0. The molecule has 6 heteroatoms. The molecule has 5 nitrogen and oxygen atoms in total. The molecule has 2 amide bonds. The van der Waals surface area contributed by atoms with E-state index < -0.39 is 0 Å². The highest BCUT2D eigenvalue weighted by Crippen LogP contribution is 2.43. The van der Waals surface area contributed by atoms with Crippen molar-refractivity contribution >= 4 is 34.8 Å². The Morgan fingerprint density at radius 3 is 2.16 bits per heavy atom. The van der Waals surface area contributed by atoms with E-state index >= 15 is 0 Å². The molecule has 0 aromatic heterocycles. The molecule has 1 aliphatic heterocycles. The number of nitrogens with zero attached hydrogens (tertiary/aromatic N) is 1. The maximum Gasteiger partial charge on any atom is 0.273 e. The van der Waals surface area contributed by atoms with Crippen molar-refractivity contribution in [1.29, 1.82) is 0 Å². The molecule has 0 radical (unpaired) electrons. The fourth-order valence-electron chi connectivity index (χ4n) is 3.42. The van der Waals surface area contributed by atoms with Crippen molar-refractivity contribution in [2.45, 2.75) is 11.8 Å². The third-order valence-corrected chi connectivity index (χ3v) is 6.05. The normalized spacial score (nSPS) is 13.7. The predicted octanol–water partition coefficient (Wildman–Crippen LogP) is 5.09.